The fourth-order valence-electron chi connectivity index (χ4n) is 1.91. The Morgan fingerprint density at radius 2 is 2.11 bits per heavy atom. The second-order valence-electron chi connectivity index (χ2n) is 4.63. The highest BCUT2D eigenvalue weighted by atomic mass is 32.2. The van der Waals surface area contributed by atoms with Crippen LogP contribution in [0.5, 0.6) is 0 Å². The number of carbonyl (C=O) groups excluding carboxylic acids is 1. The molecular formula is C14H18N2OS. The molecule has 0 spiro atoms. The molecule has 1 aromatic rings. The van der Waals surface area contributed by atoms with Crippen molar-refractivity contribution in [3.8, 4) is 0 Å². The van der Waals surface area contributed by atoms with Gasteiger partial charge in [0.05, 0.1) is 10.9 Å². The third kappa shape index (κ3) is 2.75. The number of rotatable bonds is 3. The van der Waals surface area contributed by atoms with E-state index in [9.17, 15) is 4.79 Å². The first kappa shape index (κ1) is 13.1. The van der Waals surface area contributed by atoms with E-state index in [2.05, 4.69) is 30.2 Å². The Balaban J connectivity index is 2.27. The first-order chi connectivity index (χ1) is 8.61. The molecule has 3 nitrogen and oxygen atoms in total. The normalized spacial score (nSPS) is 21.7. The molecule has 0 bridgehead atoms. The van der Waals surface area contributed by atoms with Gasteiger partial charge in [-0.2, -0.15) is 0 Å². The van der Waals surface area contributed by atoms with Crippen LogP contribution < -0.4 is 5.32 Å². The lowest BCUT2D eigenvalue weighted by atomic mass is 10.0. The predicted octanol–water partition coefficient (Wildman–Crippen LogP) is 3.44. The van der Waals surface area contributed by atoms with Crippen molar-refractivity contribution >= 4 is 28.5 Å². The molecule has 4 heteroatoms. The monoisotopic (exact) mass is 262 g/mol. The Hall–Kier alpha value is -1.29. The van der Waals surface area contributed by atoms with Gasteiger partial charge in [0.15, 0.2) is 5.17 Å². The van der Waals surface area contributed by atoms with Crippen molar-refractivity contribution in [1.82, 2.24) is 5.32 Å². The number of hydrogen-bond acceptors (Lipinski definition) is 3. The zero-order chi connectivity index (χ0) is 13.1. The number of aliphatic imine (C=N–C) groups is 1. The van der Waals surface area contributed by atoms with Gasteiger partial charge < -0.3 is 5.32 Å². The van der Waals surface area contributed by atoms with Gasteiger partial charge in [-0.25, -0.2) is 4.99 Å². The lowest BCUT2D eigenvalue weighted by Gasteiger charge is -2.09. The molecule has 0 aliphatic carbocycles. The maximum absolute atomic E-state index is 11.6. The molecule has 0 saturated carbocycles. The third-order valence-electron chi connectivity index (χ3n) is 2.93. The Morgan fingerprint density at radius 1 is 1.39 bits per heavy atom. The van der Waals surface area contributed by atoms with Crippen molar-refractivity contribution in [1.29, 1.82) is 0 Å². The van der Waals surface area contributed by atoms with E-state index in [4.69, 9.17) is 0 Å². The van der Waals surface area contributed by atoms with Crippen LogP contribution in [0.25, 0.3) is 0 Å². The molecule has 0 radical (unpaired) electrons. The second-order valence-corrected chi connectivity index (χ2v) is 5.83. The SMILES string of the molecule is CC[C@H]1SC(=Nc2ccccc2C(C)C)NC1=O. The van der Waals surface area contributed by atoms with E-state index in [-0.39, 0.29) is 11.2 Å². The summed E-state index contributed by atoms with van der Waals surface area (Å²) in [5.41, 5.74) is 2.16. The summed E-state index contributed by atoms with van der Waals surface area (Å²) in [6.07, 6.45) is 0.835. The molecular weight excluding hydrogens is 244 g/mol. The molecule has 18 heavy (non-hydrogen) atoms. The zero-order valence-electron chi connectivity index (χ0n) is 10.9. The Labute approximate surface area is 112 Å². The molecule has 1 aromatic carbocycles. The average Bonchev–Trinajstić information content (AvgIpc) is 2.70. The van der Waals surface area contributed by atoms with Crippen LogP contribution in [0, 0.1) is 0 Å². The van der Waals surface area contributed by atoms with Crippen LogP contribution in [-0.4, -0.2) is 16.3 Å². The van der Waals surface area contributed by atoms with Gasteiger partial charge in [-0.3, -0.25) is 4.79 Å². The number of amidine groups is 1. The molecule has 1 amide bonds. The molecule has 1 atom stereocenters. The minimum atomic E-state index is 0.00922. The van der Waals surface area contributed by atoms with Crippen molar-refractivity contribution in [2.24, 2.45) is 4.99 Å². The second kappa shape index (κ2) is 5.57. The molecule has 0 unspecified atom stereocenters. The maximum atomic E-state index is 11.6. The Bertz CT molecular complexity index is 482. The van der Waals surface area contributed by atoms with Gasteiger partial charge in [0.25, 0.3) is 0 Å². The van der Waals surface area contributed by atoms with Crippen LogP contribution in [0.3, 0.4) is 0 Å². The summed E-state index contributed by atoms with van der Waals surface area (Å²) in [6.45, 7) is 6.31. The van der Waals surface area contributed by atoms with Crippen molar-refractivity contribution in [2.75, 3.05) is 0 Å². The first-order valence-corrected chi connectivity index (χ1v) is 7.15. The van der Waals surface area contributed by atoms with Crippen LogP contribution >= 0.6 is 11.8 Å². The van der Waals surface area contributed by atoms with E-state index in [1.807, 2.05) is 25.1 Å². The predicted molar refractivity (Wildman–Crippen MR) is 77.4 cm³/mol. The smallest absolute Gasteiger partial charge is 0.239 e. The summed E-state index contributed by atoms with van der Waals surface area (Å²) in [5.74, 6) is 0.498. The fraction of sp³-hybridized carbons (Fsp3) is 0.429. The molecule has 1 heterocycles. The number of carbonyl (C=O) groups is 1. The number of para-hydroxylation sites is 1. The topological polar surface area (TPSA) is 41.5 Å². The number of nitrogens with one attached hydrogen (secondary N) is 1. The molecule has 96 valence electrons. The van der Waals surface area contributed by atoms with Gasteiger partial charge in [0, 0.05) is 0 Å². The summed E-state index contributed by atoms with van der Waals surface area (Å²) in [4.78, 5) is 16.2. The van der Waals surface area contributed by atoms with Gasteiger partial charge in [-0.05, 0) is 24.0 Å². The lowest BCUT2D eigenvalue weighted by Crippen LogP contribution is -2.24. The van der Waals surface area contributed by atoms with Gasteiger partial charge in [0.2, 0.25) is 5.91 Å². The Kier molecular flexibility index (Phi) is 4.07. The number of thioether (sulfide) groups is 1. The molecule has 1 aliphatic rings. The highest BCUT2D eigenvalue weighted by Gasteiger charge is 2.28. The number of amides is 1. The van der Waals surface area contributed by atoms with Crippen molar-refractivity contribution in [2.45, 2.75) is 38.4 Å². The number of benzene rings is 1. The average molecular weight is 262 g/mol. The summed E-state index contributed by atoms with van der Waals surface area (Å²) < 4.78 is 0. The number of hydrogen-bond donors (Lipinski definition) is 1. The van der Waals surface area contributed by atoms with E-state index < -0.39 is 0 Å². The lowest BCUT2D eigenvalue weighted by molar-refractivity contribution is -0.118. The third-order valence-corrected chi connectivity index (χ3v) is 4.18. The Morgan fingerprint density at radius 3 is 2.72 bits per heavy atom. The van der Waals surface area contributed by atoms with Gasteiger partial charge in [-0.1, -0.05) is 50.7 Å². The molecule has 0 aromatic heterocycles. The molecule has 2 rings (SSSR count). The molecule has 1 fully saturated rings. The van der Waals surface area contributed by atoms with Gasteiger partial charge in [-0.15, -0.1) is 0 Å². The highest BCUT2D eigenvalue weighted by Crippen LogP contribution is 2.29. The zero-order valence-corrected chi connectivity index (χ0v) is 11.8. The minimum absolute atomic E-state index is 0.00922. The highest BCUT2D eigenvalue weighted by molar-refractivity contribution is 8.15. The van der Waals surface area contributed by atoms with E-state index >= 15 is 0 Å². The van der Waals surface area contributed by atoms with Crippen molar-refractivity contribution < 1.29 is 4.79 Å². The van der Waals surface area contributed by atoms with E-state index in [0.717, 1.165) is 17.3 Å². The van der Waals surface area contributed by atoms with Crippen LogP contribution in [0.2, 0.25) is 0 Å². The van der Waals surface area contributed by atoms with E-state index in [1.165, 1.54) is 17.3 Å². The van der Waals surface area contributed by atoms with Gasteiger partial charge in [0.1, 0.15) is 0 Å². The summed E-state index contributed by atoms with van der Waals surface area (Å²) in [7, 11) is 0. The molecule has 1 saturated heterocycles. The minimum Gasteiger partial charge on any atom is -0.304 e. The molecule has 1 aliphatic heterocycles. The summed E-state index contributed by atoms with van der Waals surface area (Å²) >= 11 is 1.52. The van der Waals surface area contributed by atoms with Crippen LogP contribution in [0.15, 0.2) is 29.3 Å². The van der Waals surface area contributed by atoms with E-state index in [1.54, 1.807) is 0 Å². The van der Waals surface area contributed by atoms with E-state index in [0.29, 0.717) is 5.92 Å². The summed E-state index contributed by atoms with van der Waals surface area (Å²) in [5, 5.41) is 3.57. The standard InChI is InChI=1S/C14H18N2OS/c1-4-12-13(17)16-14(18-12)15-11-8-6-5-7-10(11)9(2)3/h5-9,12H,4H2,1-3H3,(H,15,16,17)/t12-/m1/s1. The van der Waals surface area contributed by atoms with Gasteiger partial charge >= 0.3 is 0 Å². The first-order valence-electron chi connectivity index (χ1n) is 6.27. The quantitative estimate of drug-likeness (QED) is 0.906. The van der Waals surface area contributed by atoms with Crippen LogP contribution in [-0.2, 0) is 4.79 Å². The van der Waals surface area contributed by atoms with Crippen molar-refractivity contribution in [3.63, 3.8) is 0 Å². The largest absolute Gasteiger partial charge is 0.304 e. The fourth-order valence-corrected chi connectivity index (χ4v) is 2.83. The summed E-state index contributed by atoms with van der Waals surface area (Å²) in [6, 6.07) is 8.08. The van der Waals surface area contributed by atoms with Crippen LogP contribution in [0.4, 0.5) is 5.69 Å². The van der Waals surface area contributed by atoms with Crippen LogP contribution in [0.1, 0.15) is 38.7 Å². The number of nitrogens with zero attached hydrogens (tertiary/aromatic N) is 1. The maximum Gasteiger partial charge on any atom is 0.239 e. The molecule has 1 N–H and O–H groups in total. The van der Waals surface area contributed by atoms with Crippen molar-refractivity contribution in [3.05, 3.63) is 29.8 Å².